The van der Waals surface area contributed by atoms with Gasteiger partial charge in [0.25, 0.3) is 0 Å². The van der Waals surface area contributed by atoms with E-state index in [0.717, 1.165) is 82.2 Å². The summed E-state index contributed by atoms with van der Waals surface area (Å²) in [5.41, 5.74) is 2.38. The number of anilines is 3. The van der Waals surface area contributed by atoms with Crippen molar-refractivity contribution in [3.8, 4) is 0 Å². The van der Waals surface area contributed by atoms with Crippen LogP contribution in [0.1, 0.15) is 31.2 Å². The Kier molecular flexibility index (Phi) is 5.76. The van der Waals surface area contributed by atoms with E-state index in [9.17, 15) is 9.90 Å². The van der Waals surface area contributed by atoms with Crippen LogP contribution in [-0.2, 0) is 11.2 Å². The lowest BCUT2D eigenvalue weighted by atomic mass is 9.95. The van der Waals surface area contributed by atoms with E-state index >= 15 is 0 Å². The summed E-state index contributed by atoms with van der Waals surface area (Å²) in [6, 6.07) is 10.3. The summed E-state index contributed by atoms with van der Waals surface area (Å²) in [6.07, 6.45) is 6.47. The summed E-state index contributed by atoms with van der Waals surface area (Å²) < 4.78 is 0. The first-order chi connectivity index (χ1) is 15.2. The maximum atomic E-state index is 13.2. The average molecular weight is 422 g/mol. The van der Waals surface area contributed by atoms with Crippen LogP contribution in [0.4, 0.5) is 17.3 Å². The van der Waals surface area contributed by atoms with Crippen molar-refractivity contribution in [1.29, 1.82) is 0 Å². The predicted octanol–water partition coefficient (Wildman–Crippen LogP) is 2.49. The van der Waals surface area contributed by atoms with Crippen molar-refractivity contribution >= 4 is 23.2 Å². The number of aromatic nitrogens is 2. The first-order valence-corrected chi connectivity index (χ1v) is 11.5. The summed E-state index contributed by atoms with van der Waals surface area (Å²) in [5, 5.41) is 9.52. The van der Waals surface area contributed by atoms with Gasteiger partial charge in [0.1, 0.15) is 18.0 Å². The highest BCUT2D eigenvalue weighted by molar-refractivity contribution is 5.97. The Morgan fingerprint density at radius 3 is 2.58 bits per heavy atom. The largest absolute Gasteiger partial charge is 0.396 e. The van der Waals surface area contributed by atoms with Crippen molar-refractivity contribution in [3.05, 3.63) is 42.2 Å². The molecule has 7 nitrogen and oxygen atoms in total. The number of nitrogens with zero attached hydrogens (tertiary/aromatic N) is 5. The molecule has 0 radical (unpaired) electrons. The molecule has 1 unspecified atom stereocenters. The Hall–Kier alpha value is -2.67. The third-order valence-corrected chi connectivity index (χ3v) is 7.06. The van der Waals surface area contributed by atoms with Gasteiger partial charge >= 0.3 is 0 Å². The molecule has 1 aromatic carbocycles. The summed E-state index contributed by atoms with van der Waals surface area (Å²) in [6.45, 7) is 4.53. The molecule has 1 aromatic heterocycles. The maximum absolute atomic E-state index is 13.2. The summed E-state index contributed by atoms with van der Waals surface area (Å²) in [4.78, 5) is 28.7. The molecule has 5 rings (SSSR count). The van der Waals surface area contributed by atoms with Crippen LogP contribution in [-0.4, -0.2) is 60.3 Å². The number of benzene rings is 1. The van der Waals surface area contributed by atoms with E-state index in [1.165, 1.54) is 5.56 Å². The van der Waals surface area contributed by atoms with Crippen LogP contribution in [0.3, 0.4) is 0 Å². The van der Waals surface area contributed by atoms with Gasteiger partial charge in [-0.1, -0.05) is 18.2 Å². The number of para-hydroxylation sites is 1. The molecule has 164 valence electrons. The molecule has 0 spiro atoms. The molecule has 2 aromatic rings. The molecule has 1 N–H and O–H groups in total. The van der Waals surface area contributed by atoms with Crippen LogP contribution in [0.15, 0.2) is 36.7 Å². The molecule has 2 saturated heterocycles. The lowest BCUT2D eigenvalue weighted by molar-refractivity contribution is -0.122. The molecule has 31 heavy (non-hydrogen) atoms. The van der Waals surface area contributed by atoms with Crippen LogP contribution >= 0.6 is 0 Å². The molecule has 0 bridgehead atoms. The molecule has 4 heterocycles. The number of rotatable bonds is 4. The fourth-order valence-corrected chi connectivity index (χ4v) is 5.25. The number of hydrogen-bond acceptors (Lipinski definition) is 6. The van der Waals surface area contributed by atoms with Gasteiger partial charge in [0, 0.05) is 57.0 Å². The van der Waals surface area contributed by atoms with E-state index in [1.807, 2.05) is 11.0 Å². The number of hydrogen-bond donors (Lipinski definition) is 1. The molecule has 0 saturated carbocycles. The minimum atomic E-state index is 0.0797. The number of carbonyl (C=O) groups excluding carboxylic acids is 1. The summed E-state index contributed by atoms with van der Waals surface area (Å²) in [5.74, 6) is 2.56. The van der Waals surface area contributed by atoms with Crippen molar-refractivity contribution in [2.45, 2.75) is 32.1 Å². The van der Waals surface area contributed by atoms with E-state index in [0.29, 0.717) is 5.92 Å². The Balaban J connectivity index is 1.22. The van der Waals surface area contributed by atoms with Crippen molar-refractivity contribution < 1.29 is 9.90 Å². The average Bonchev–Trinajstić information content (AvgIpc) is 3.28. The quantitative estimate of drug-likeness (QED) is 0.818. The van der Waals surface area contributed by atoms with Gasteiger partial charge in [-0.3, -0.25) is 4.79 Å². The van der Waals surface area contributed by atoms with Gasteiger partial charge < -0.3 is 19.8 Å². The molecule has 7 heteroatoms. The standard InChI is InChI=1S/C24H31N5O2/c30-16-18-4-3-10-28(15-18)23-14-22(25-17-26-23)27-11-7-20(8-12-27)24(31)29-13-9-19-5-1-2-6-21(19)29/h1-2,5-6,14,17-18,20,30H,3-4,7-13,15-16H2. The van der Waals surface area contributed by atoms with Gasteiger partial charge in [-0.15, -0.1) is 0 Å². The number of piperidine rings is 2. The molecule has 3 aliphatic heterocycles. The fourth-order valence-electron chi connectivity index (χ4n) is 5.25. The normalized spacial score (nSPS) is 22.0. The van der Waals surface area contributed by atoms with Crippen molar-refractivity contribution in [3.63, 3.8) is 0 Å². The molecular weight excluding hydrogens is 390 g/mol. The van der Waals surface area contributed by atoms with Gasteiger partial charge in [0.05, 0.1) is 0 Å². The van der Waals surface area contributed by atoms with E-state index in [-0.39, 0.29) is 18.4 Å². The number of fused-ring (bicyclic) bond motifs is 1. The van der Waals surface area contributed by atoms with Crippen molar-refractivity contribution in [2.75, 3.05) is 54.0 Å². The van der Waals surface area contributed by atoms with Gasteiger partial charge in [0.2, 0.25) is 5.91 Å². The highest BCUT2D eigenvalue weighted by Crippen LogP contribution is 2.32. The predicted molar refractivity (Wildman–Crippen MR) is 121 cm³/mol. The van der Waals surface area contributed by atoms with Crippen LogP contribution < -0.4 is 14.7 Å². The Labute approximate surface area is 183 Å². The number of amides is 1. The van der Waals surface area contributed by atoms with Crippen LogP contribution in [0, 0.1) is 11.8 Å². The minimum absolute atomic E-state index is 0.0797. The third kappa shape index (κ3) is 4.11. The second-order valence-corrected chi connectivity index (χ2v) is 9.00. The lowest BCUT2D eigenvalue weighted by Gasteiger charge is -2.35. The summed E-state index contributed by atoms with van der Waals surface area (Å²) in [7, 11) is 0. The van der Waals surface area contributed by atoms with Gasteiger partial charge in [-0.2, -0.15) is 0 Å². The zero-order chi connectivity index (χ0) is 21.2. The van der Waals surface area contributed by atoms with Gasteiger partial charge in [-0.25, -0.2) is 9.97 Å². The van der Waals surface area contributed by atoms with Crippen molar-refractivity contribution in [2.24, 2.45) is 11.8 Å². The third-order valence-electron chi connectivity index (χ3n) is 7.06. The fraction of sp³-hybridized carbons (Fsp3) is 0.542. The number of carbonyl (C=O) groups is 1. The zero-order valence-electron chi connectivity index (χ0n) is 18.0. The topological polar surface area (TPSA) is 72.8 Å². The van der Waals surface area contributed by atoms with Gasteiger partial charge in [0.15, 0.2) is 0 Å². The first kappa shape index (κ1) is 20.2. The van der Waals surface area contributed by atoms with Crippen LogP contribution in [0.5, 0.6) is 0 Å². The second-order valence-electron chi connectivity index (χ2n) is 9.00. The Bertz CT molecular complexity index is 928. The lowest BCUT2D eigenvalue weighted by Crippen LogP contribution is -2.42. The second kappa shape index (κ2) is 8.83. The van der Waals surface area contributed by atoms with Crippen LogP contribution in [0.2, 0.25) is 0 Å². The van der Waals surface area contributed by atoms with Crippen molar-refractivity contribution in [1.82, 2.24) is 9.97 Å². The van der Waals surface area contributed by atoms with E-state index in [4.69, 9.17) is 0 Å². The van der Waals surface area contributed by atoms with Crippen LogP contribution in [0.25, 0.3) is 0 Å². The van der Waals surface area contributed by atoms with Gasteiger partial charge in [-0.05, 0) is 49.7 Å². The number of aliphatic hydroxyl groups is 1. The van der Waals surface area contributed by atoms with E-state index in [2.05, 4.69) is 44.0 Å². The zero-order valence-corrected chi connectivity index (χ0v) is 18.0. The number of aliphatic hydroxyl groups excluding tert-OH is 1. The monoisotopic (exact) mass is 421 g/mol. The minimum Gasteiger partial charge on any atom is -0.396 e. The highest BCUT2D eigenvalue weighted by Gasteiger charge is 2.32. The molecular formula is C24H31N5O2. The Morgan fingerprint density at radius 1 is 1.00 bits per heavy atom. The SMILES string of the molecule is O=C(C1CCN(c2cc(N3CCCC(CO)C3)ncn2)CC1)N1CCc2ccccc21. The smallest absolute Gasteiger partial charge is 0.230 e. The molecule has 1 atom stereocenters. The molecule has 1 amide bonds. The maximum Gasteiger partial charge on any atom is 0.230 e. The molecule has 2 fully saturated rings. The Morgan fingerprint density at radius 2 is 1.77 bits per heavy atom. The first-order valence-electron chi connectivity index (χ1n) is 11.5. The molecule has 3 aliphatic rings. The highest BCUT2D eigenvalue weighted by atomic mass is 16.3. The molecule has 0 aliphatic carbocycles. The van der Waals surface area contributed by atoms with E-state index in [1.54, 1.807) is 6.33 Å². The summed E-state index contributed by atoms with van der Waals surface area (Å²) >= 11 is 0. The van der Waals surface area contributed by atoms with E-state index < -0.39 is 0 Å².